The molecular formula is C17H18O6. The summed E-state index contributed by atoms with van der Waals surface area (Å²) in [7, 11) is 2.96. The second-order valence-corrected chi connectivity index (χ2v) is 4.89. The summed E-state index contributed by atoms with van der Waals surface area (Å²) in [6.45, 7) is 4.34. The number of rotatable bonds is 4. The molecule has 6 nitrogen and oxygen atoms in total. The highest BCUT2D eigenvalue weighted by Gasteiger charge is 2.24. The van der Waals surface area contributed by atoms with Crippen molar-refractivity contribution in [3.8, 4) is 23.0 Å². The van der Waals surface area contributed by atoms with E-state index in [2.05, 4.69) is 0 Å². The molecule has 6 heteroatoms. The third-order valence-electron chi connectivity index (χ3n) is 3.30. The average Bonchev–Trinajstić information content (AvgIpc) is 2.50. The van der Waals surface area contributed by atoms with Crippen LogP contribution in [0.15, 0.2) is 18.2 Å². The highest BCUT2D eigenvalue weighted by molar-refractivity contribution is 6.03. The number of esters is 2. The van der Waals surface area contributed by atoms with Gasteiger partial charge in [0.15, 0.2) is 11.5 Å². The number of carbonyl (C=O) groups is 2. The third kappa shape index (κ3) is 3.06. The highest BCUT2D eigenvalue weighted by atomic mass is 16.6. The molecule has 0 fully saturated rings. The van der Waals surface area contributed by atoms with Gasteiger partial charge in [-0.15, -0.1) is 0 Å². The summed E-state index contributed by atoms with van der Waals surface area (Å²) in [5.74, 6) is 0.425. The molecular weight excluding hydrogens is 300 g/mol. The van der Waals surface area contributed by atoms with Gasteiger partial charge in [0.05, 0.1) is 19.6 Å². The van der Waals surface area contributed by atoms with Gasteiger partial charge in [-0.1, -0.05) is 12.1 Å². The van der Waals surface area contributed by atoms with Crippen LogP contribution >= 0.6 is 0 Å². The van der Waals surface area contributed by atoms with E-state index in [4.69, 9.17) is 18.9 Å². The maximum absolute atomic E-state index is 11.5. The Labute approximate surface area is 133 Å². The molecule has 0 saturated heterocycles. The molecule has 0 unspecified atom stereocenters. The molecule has 0 N–H and O–H groups in total. The molecule has 0 amide bonds. The minimum absolute atomic E-state index is 0.237. The zero-order chi connectivity index (χ0) is 17.1. The van der Waals surface area contributed by atoms with Gasteiger partial charge in [-0.3, -0.25) is 9.59 Å². The normalized spacial score (nSPS) is 10.3. The van der Waals surface area contributed by atoms with Crippen molar-refractivity contribution in [2.24, 2.45) is 0 Å². The lowest BCUT2D eigenvalue weighted by Gasteiger charge is -2.19. The van der Waals surface area contributed by atoms with E-state index in [1.54, 1.807) is 25.1 Å². The molecule has 2 rings (SSSR count). The molecule has 23 heavy (non-hydrogen) atoms. The molecule has 0 heterocycles. The van der Waals surface area contributed by atoms with Crippen molar-refractivity contribution >= 4 is 22.7 Å². The van der Waals surface area contributed by atoms with Gasteiger partial charge in [0.2, 0.25) is 0 Å². The van der Waals surface area contributed by atoms with E-state index in [0.717, 1.165) is 0 Å². The van der Waals surface area contributed by atoms with Crippen LogP contribution in [0.3, 0.4) is 0 Å². The van der Waals surface area contributed by atoms with Crippen LogP contribution in [-0.2, 0) is 9.59 Å². The summed E-state index contributed by atoms with van der Waals surface area (Å²) in [5, 5.41) is 1.10. The van der Waals surface area contributed by atoms with Gasteiger partial charge in [-0.05, 0) is 13.0 Å². The number of benzene rings is 2. The Bertz CT molecular complexity index is 778. The molecule has 0 aliphatic carbocycles. The van der Waals surface area contributed by atoms with E-state index < -0.39 is 11.9 Å². The Morgan fingerprint density at radius 2 is 1.48 bits per heavy atom. The molecule has 122 valence electrons. The Hall–Kier alpha value is -2.76. The maximum Gasteiger partial charge on any atom is 0.308 e. The van der Waals surface area contributed by atoms with Crippen LogP contribution in [0.5, 0.6) is 23.0 Å². The monoisotopic (exact) mass is 318 g/mol. The summed E-state index contributed by atoms with van der Waals surface area (Å²) in [4.78, 5) is 22.9. The Balaban J connectivity index is 2.96. The van der Waals surface area contributed by atoms with Crippen molar-refractivity contribution < 1.29 is 28.5 Å². The van der Waals surface area contributed by atoms with E-state index in [1.165, 1.54) is 28.1 Å². The summed E-state index contributed by atoms with van der Waals surface area (Å²) in [5.41, 5.74) is 0.555. The molecule has 0 aliphatic heterocycles. The number of ether oxygens (including phenoxy) is 4. The van der Waals surface area contributed by atoms with E-state index >= 15 is 0 Å². The molecule has 0 spiro atoms. The van der Waals surface area contributed by atoms with Gasteiger partial charge in [0.25, 0.3) is 0 Å². The van der Waals surface area contributed by atoms with Crippen molar-refractivity contribution in [3.63, 3.8) is 0 Å². The smallest absolute Gasteiger partial charge is 0.308 e. The van der Waals surface area contributed by atoms with Gasteiger partial charge in [0.1, 0.15) is 11.5 Å². The first kappa shape index (κ1) is 16.6. The number of hydrogen-bond donors (Lipinski definition) is 0. The van der Waals surface area contributed by atoms with Gasteiger partial charge in [-0.25, -0.2) is 0 Å². The predicted molar refractivity (Wildman–Crippen MR) is 84.4 cm³/mol. The second kappa shape index (κ2) is 6.56. The Morgan fingerprint density at radius 1 is 0.870 bits per heavy atom. The number of methoxy groups -OCH3 is 2. The Morgan fingerprint density at radius 3 is 2.00 bits per heavy atom. The molecule has 0 atom stereocenters. The zero-order valence-corrected chi connectivity index (χ0v) is 13.7. The minimum atomic E-state index is -0.491. The fourth-order valence-electron chi connectivity index (χ4n) is 2.48. The van der Waals surface area contributed by atoms with Gasteiger partial charge in [0, 0.05) is 24.8 Å². The lowest BCUT2D eigenvalue weighted by atomic mass is 10.0. The lowest BCUT2D eigenvalue weighted by molar-refractivity contribution is -0.133. The zero-order valence-electron chi connectivity index (χ0n) is 13.7. The first-order valence-corrected chi connectivity index (χ1v) is 6.94. The fourth-order valence-corrected chi connectivity index (χ4v) is 2.48. The van der Waals surface area contributed by atoms with Gasteiger partial charge in [-0.2, -0.15) is 0 Å². The quantitative estimate of drug-likeness (QED) is 0.637. The number of carbonyl (C=O) groups excluding carboxylic acids is 2. The van der Waals surface area contributed by atoms with E-state index in [0.29, 0.717) is 33.6 Å². The van der Waals surface area contributed by atoms with Crippen LogP contribution in [0.4, 0.5) is 0 Å². The maximum atomic E-state index is 11.5. The topological polar surface area (TPSA) is 71.1 Å². The van der Waals surface area contributed by atoms with Crippen molar-refractivity contribution in [1.82, 2.24) is 0 Å². The molecule has 2 aromatic carbocycles. The average molecular weight is 318 g/mol. The van der Waals surface area contributed by atoms with Crippen LogP contribution in [0, 0.1) is 6.92 Å². The molecule has 0 radical (unpaired) electrons. The summed E-state index contributed by atoms with van der Waals surface area (Å²) < 4.78 is 21.4. The minimum Gasteiger partial charge on any atom is -0.496 e. The van der Waals surface area contributed by atoms with E-state index in [1.807, 2.05) is 0 Å². The SMILES string of the molecule is COc1c(C)c(OC(C)=O)c2cccc(OC)c2c1OC(C)=O. The van der Waals surface area contributed by atoms with Crippen molar-refractivity contribution in [1.29, 1.82) is 0 Å². The number of hydrogen-bond acceptors (Lipinski definition) is 6. The van der Waals surface area contributed by atoms with Gasteiger partial charge >= 0.3 is 11.9 Å². The summed E-state index contributed by atoms with van der Waals surface area (Å²) >= 11 is 0. The molecule has 0 aliphatic rings. The third-order valence-corrected chi connectivity index (χ3v) is 3.30. The van der Waals surface area contributed by atoms with E-state index in [9.17, 15) is 9.59 Å². The lowest BCUT2D eigenvalue weighted by Crippen LogP contribution is -2.08. The van der Waals surface area contributed by atoms with Crippen LogP contribution < -0.4 is 18.9 Å². The Kier molecular flexibility index (Phi) is 4.74. The van der Waals surface area contributed by atoms with Crippen LogP contribution in [0.1, 0.15) is 19.4 Å². The van der Waals surface area contributed by atoms with Crippen LogP contribution in [-0.4, -0.2) is 26.2 Å². The van der Waals surface area contributed by atoms with Crippen molar-refractivity contribution in [2.45, 2.75) is 20.8 Å². The first-order valence-electron chi connectivity index (χ1n) is 6.94. The first-order chi connectivity index (χ1) is 10.9. The number of fused-ring (bicyclic) bond motifs is 1. The fraction of sp³-hybridized carbons (Fsp3) is 0.294. The summed E-state index contributed by atoms with van der Waals surface area (Å²) in [6.07, 6.45) is 0. The van der Waals surface area contributed by atoms with Crippen LogP contribution in [0.25, 0.3) is 10.8 Å². The molecule has 0 bridgehead atoms. The molecule has 0 aromatic heterocycles. The highest BCUT2D eigenvalue weighted by Crippen LogP contribution is 2.48. The van der Waals surface area contributed by atoms with Gasteiger partial charge < -0.3 is 18.9 Å². The standard InChI is InChI=1S/C17H18O6/c1-9-15(22-10(2)18)12-7-6-8-13(20-4)14(12)17(16(9)21-5)23-11(3)19/h6-8H,1-5H3. The van der Waals surface area contributed by atoms with Crippen molar-refractivity contribution in [3.05, 3.63) is 23.8 Å². The van der Waals surface area contributed by atoms with E-state index in [-0.39, 0.29) is 5.75 Å². The predicted octanol–water partition coefficient (Wildman–Crippen LogP) is 3.02. The van der Waals surface area contributed by atoms with Crippen molar-refractivity contribution in [2.75, 3.05) is 14.2 Å². The second-order valence-electron chi connectivity index (χ2n) is 4.89. The largest absolute Gasteiger partial charge is 0.496 e. The molecule has 2 aromatic rings. The van der Waals surface area contributed by atoms with Crippen LogP contribution in [0.2, 0.25) is 0 Å². The summed E-state index contributed by atoms with van der Waals surface area (Å²) in [6, 6.07) is 5.24. The molecule has 0 saturated carbocycles.